The molecule has 7 heteroatoms. The van der Waals surface area contributed by atoms with Gasteiger partial charge in [-0.3, -0.25) is 9.59 Å². The fourth-order valence-corrected chi connectivity index (χ4v) is 3.14. The van der Waals surface area contributed by atoms with Crippen LogP contribution in [-0.2, 0) is 11.3 Å². The highest BCUT2D eigenvalue weighted by Gasteiger charge is 2.24. The molecule has 1 atom stereocenters. The summed E-state index contributed by atoms with van der Waals surface area (Å²) in [4.78, 5) is 33.3. The van der Waals surface area contributed by atoms with Gasteiger partial charge in [0.25, 0.3) is 11.5 Å². The minimum atomic E-state index is -0.208. The van der Waals surface area contributed by atoms with E-state index < -0.39 is 0 Å². The number of nitrogens with zero attached hydrogens (tertiary/aromatic N) is 2. The molecule has 7 nitrogen and oxygen atoms in total. The number of ether oxygens (including phenoxy) is 1. The summed E-state index contributed by atoms with van der Waals surface area (Å²) in [5.74, 6) is 0.288. The van der Waals surface area contributed by atoms with E-state index in [0.717, 1.165) is 24.9 Å². The standard InChI is InChI=1S/C18H22N4O3/c1-25-12-13-5-2-3-7-15(13)17(23)21-14-6-4-10-22(11-14)16-18(24)20-9-8-19-16/h2-3,5,7-9,14H,4,6,10-12H2,1H3,(H,20,24)(H,21,23). The van der Waals surface area contributed by atoms with Gasteiger partial charge >= 0.3 is 0 Å². The van der Waals surface area contributed by atoms with Crippen LogP contribution in [0.1, 0.15) is 28.8 Å². The number of aromatic nitrogens is 2. The zero-order valence-corrected chi connectivity index (χ0v) is 14.2. The van der Waals surface area contributed by atoms with Gasteiger partial charge < -0.3 is 19.9 Å². The first-order valence-electron chi connectivity index (χ1n) is 8.35. The zero-order chi connectivity index (χ0) is 17.6. The van der Waals surface area contributed by atoms with Gasteiger partial charge in [0.05, 0.1) is 6.61 Å². The smallest absolute Gasteiger partial charge is 0.290 e. The predicted molar refractivity (Wildman–Crippen MR) is 94.7 cm³/mol. The molecule has 1 aromatic heterocycles. The highest BCUT2D eigenvalue weighted by atomic mass is 16.5. The van der Waals surface area contributed by atoms with Gasteiger partial charge in [-0.1, -0.05) is 18.2 Å². The van der Waals surface area contributed by atoms with Crippen molar-refractivity contribution in [3.05, 3.63) is 58.1 Å². The lowest BCUT2D eigenvalue weighted by atomic mass is 10.0. The third-order valence-corrected chi connectivity index (χ3v) is 4.31. The number of anilines is 1. The normalized spacial score (nSPS) is 17.3. The van der Waals surface area contributed by atoms with Crippen LogP contribution in [0.3, 0.4) is 0 Å². The Hall–Kier alpha value is -2.67. The molecule has 3 rings (SSSR count). The molecule has 2 heterocycles. The van der Waals surface area contributed by atoms with Crippen LogP contribution < -0.4 is 15.8 Å². The molecule has 25 heavy (non-hydrogen) atoms. The van der Waals surface area contributed by atoms with Crippen molar-refractivity contribution < 1.29 is 9.53 Å². The summed E-state index contributed by atoms with van der Waals surface area (Å²) in [6, 6.07) is 7.39. The van der Waals surface area contributed by atoms with Crippen LogP contribution in [0.15, 0.2) is 41.5 Å². The summed E-state index contributed by atoms with van der Waals surface area (Å²) in [6.07, 6.45) is 4.85. The fraction of sp³-hybridized carbons (Fsp3) is 0.389. The van der Waals surface area contributed by atoms with Crippen molar-refractivity contribution in [1.82, 2.24) is 15.3 Å². The number of nitrogens with one attached hydrogen (secondary N) is 2. The van der Waals surface area contributed by atoms with Gasteiger partial charge in [0.2, 0.25) is 0 Å². The van der Waals surface area contributed by atoms with Crippen LogP contribution >= 0.6 is 0 Å². The molecule has 1 fully saturated rings. The van der Waals surface area contributed by atoms with Crippen LogP contribution in [-0.4, -0.2) is 42.1 Å². The molecule has 1 unspecified atom stereocenters. The number of H-pyrrole nitrogens is 1. The van der Waals surface area contributed by atoms with Crippen LogP contribution in [0.4, 0.5) is 5.82 Å². The van der Waals surface area contributed by atoms with Crippen molar-refractivity contribution in [3.8, 4) is 0 Å². The van der Waals surface area contributed by atoms with Gasteiger partial charge in [-0.15, -0.1) is 0 Å². The van der Waals surface area contributed by atoms with E-state index in [9.17, 15) is 9.59 Å². The number of methoxy groups -OCH3 is 1. The number of hydrogen-bond acceptors (Lipinski definition) is 5. The van der Waals surface area contributed by atoms with Crippen molar-refractivity contribution in [2.75, 3.05) is 25.1 Å². The van der Waals surface area contributed by atoms with Gasteiger partial charge in [-0.05, 0) is 24.5 Å². The molecule has 0 radical (unpaired) electrons. The van der Waals surface area contributed by atoms with E-state index >= 15 is 0 Å². The Bertz CT molecular complexity index is 790. The number of aromatic amines is 1. The first-order chi connectivity index (χ1) is 12.2. The number of rotatable bonds is 5. The van der Waals surface area contributed by atoms with Crippen LogP contribution in [0, 0.1) is 0 Å². The summed E-state index contributed by atoms with van der Waals surface area (Å²) in [5.41, 5.74) is 1.27. The molecule has 1 saturated heterocycles. The molecule has 2 N–H and O–H groups in total. The lowest BCUT2D eigenvalue weighted by molar-refractivity contribution is 0.0928. The van der Waals surface area contributed by atoms with E-state index in [0.29, 0.717) is 24.5 Å². The number of carbonyl (C=O) groups is 1. The van der Waals surface area contributed by atoms with Crippen molar-refractivity contribution in [1.29, 1.82) is 0 Å². The summed E-state index contributed by atoms with van der Waals surface area (Å²) >= 11 is 0. The molecular formula is C18H22N4O3. The van der Waals surface area contributed by atoms with Crippen LogP contribution in [0.25, 0.3) is 0 Å². The maximum absolute atomic E-state index is 12.6. The van der Waals surface area contributed by atoms with E-state index in [1.165, 1.54) is 6.20 Å². The lowest BCUT2D eigenvalue weighted by Gasteiger charge is -2.33. The molecule has 0 saturated carbocycles. The molecule has 132 valence electrons. The molecule has 0 bridgehead atoms. The fourth-order valence-electron chi connectivity index (χ4n) is 3.14. The highest BCUT2D eigenvalue weighted by molar-refractivity contribution is 5.95. The monoisotopic (exact) mass is 342 g/mol. The van der Waals surface area contributed by atoms with Crippen molar-refractivity contribution in [2.45, 2.75) is 25.5 Å². The Kier molecular flexibility index (Phi) is 5.45. The molecular weight excluding hydrogens is 320 g/mol. The number of benzene rings is 1. The Labute approximate surface area is 146 Å². The summed E-state index contributed by atoms with van der Waals surface area (Å²) in [7, 11) is 1.61. The first kappa shape index (κ1) is 17.2. The maximum Gasteiger partial charge on any atom is 0.290 e. The van der Waals surface area contributed by atoms with Crippen molar-refractivity contribution >= 4 is 11.7 Å². The zero-order valence-electron chi connectivity index (χ0n) is 14.2. The van der Waals surface area contributed by atoms with E-state index in [1.54, 1.807) is 19.4 Å². The van der Waals surface area contributed by atoms with Gasteiger partial charge in [0.15, 0.2) is 5.82 Å². The second-order valence-corrected chi connectivity index (χ2v) is 6.09. The number of amides is 1. The largest absolute Gasteiger partial charge is 0.380 e. The Morgan fingerprint density at radius 1 is 1.44 bits per heavy atom. The van der Waals surface area contributed by atoms with Gasteiger partial charge in [0, 0.05) is 44.2 Å². The van der Waals surface area contributed by atoms with Gasteiger partial charge in [-0.2, -0.15) is 0 Å². The first-order valence-corrected chi connectivity index (χ1v) is 8.35. The summed E-state index contributed by atoms with van der Waals surface area (Å²) in [5, 5.41) is 3.08. The number of carbonyl (C=O) groups excluding carboxylic acids is 1. The van der Waals surface area contributed by atoms with E-state index in [1.807, 2.05) is 23.1 Å². The second-order valence-electron chi connectivity index (χ2n) is 6.09. The number of hydrogen-bond donors (Lipinski definition) is 2. The Balaban J connectivity index is 1.70. The maximum atomic E-state index is 12.6. The summed E-state index contributed by atoms with van der Waals surface area (Å²) < 4.78 is 5.16. The molecule has 1 aliphatic heterocycles. The lowest BCUT2D eigenvalue weighted by Crippen LogP contribution is -2.49. The molecule has 0 aliphatic carbocycles. The van der Waals surface area contributed by atoms with Gasteiger partial charge in [-0.25, -0.2) is 4.98 Å². The SMILES string of the molecule is COCc1ccccc1C(=O)NC1CCCN(c2ncc[nH]c2=O)C1. The third-order valence-electron chi connectivity index (χ3n) is 4.31. The minimum Gasteiger partial charge on any atom is -0.380 e. The van der Waals surface area contributed by atoms with E-state index in [2.05, 4.69) is 15.3 Å². The minimum absolute atomic E-state index is 0.0294. The molecule has 1 aliphatic rings. The van der Waals surface area contributed by atoms with Crippen molar-refractivity contribution in [3.63, 3.8) is 0 Å². The second kappa shape index (κ2) is 7.94. The topological polar surface area (TPSA) is 87.3 Å². The number of piperidine rings is 1. The molecule has 1 amide bonds. The summed E-state index contributed by atoms with van der Waals surface area (Å²) in [6.45, 7) is 1.72. The average Bonchev–Trinajstić information content (AvgIpc) is 2.63. The van der Waals surface area contributed by atoms with Crippen molar-refractivity contribution in [2.24, 2.45) is 0 Å². The Morgan fingerprint density at radius 3 is 3.08 bits per heavy atom. The predicted octanol–water partition coefficient (Wildman–Crippen LogP) is 1.32. The highest BCUT2D eigenvalue weighted by Crippen LogP contribution is 2.16. The molecule has 0 spiro atoms. The molecule has 2 aromatic rings. The quantitative estimate of drug-likeness (QED) is 0.856. The van der Waals surface area contributed by atoms with Gasteiger partial charge in [0.1, 0.15) is 0 Å². The Morgan fingerprint density at radius 2 is 2.28 bits per heavy atom. The van der Waals surface area contributed by atoms with Crippen LogP contribution in [0.5, 0.6) is 0 Å². The van der Waals surface area contributed by atoms with E-state index in [-0.39, 0.29) is 17.5 Å². The van der Waals surface area contributed by atoms with Crippen LogP contribution in [0.2, 0.25) is 0 Å². The third kappa shape index (κ3) is 4.06. The molecule has 1 aromatic carbocycles. The average molecular weight is 342 g/mol. The van der Waals surface area contributed by atoms with E-state index in [4.69, 9.17) is 4.74 Å².